The smallest absolute Gasteiger partial charge is 0.155 e. The molecule has 3 atom stereocenters. The van der Waals surface area contributed by atoms with E-state index in [2.05, 4.69) is 6.92 Å². The zero-order valence-corrected chi connectivity index (χ0v) is 6.00. The summed E-state index contributed by atoms with van der Waals surface area (Å²) in [7, 11) is 0. The highest BCUT2D eigenvalue weighted by atomic mass is 16.6. The molecule has 1 fully saturated rings. The molecular weight excluding hydrogens is 116 g/mol. The van der Waals surface area contributed by atoms with Crippen molar-refractivity contribution in [2.24, 2.45) is 5.92 Å². The molecule has 0 aliphatic carbocycles. The van der Waals surface area contributed by atoms with E-state index in [1.54, 1.807) is 0 Å². The fraction of sp³-hybridized carbons (Fsp3) is 1.00. The predicted octanol–water partition coefficient (Wildman–Crippen LogP) is 1.14. The van der Waals surface area contributed by atoms with E-state index in [1.807, 2.05) is 6.92 Å². The van der Waals surface area contributed by atoms with Crippen molar-refractivity contribution in [3.63, 3.8) is 0 Å². The van der Waals surface area contributed by atoms with Crippen molar-refractivity contribution in [2.45, 2.75) is 39.1 Å². The van der Waals surface area contributed by atoms with Gasteiger partial charge in [-0.15, -0.1) is 0 Å². The summed E-state index contributed by atoms with van der Waals surface area (Å²) in [5, 5.41) is 9.03. The minimum Gasteiger partial charge on any atom is -0.368 e. The monoisotopic (exact) mass is 130 g/mol. The molecule has 1 aliphatic heterocycles. The molecular formula is C7H14O2. The molecule has 1 rings (SSSR count). The summed E-state index contributed by atoms with van der Waals surface area (Å²) in [4.78, 5) is 0. The summed E-state index contributed by atoms with van der Waals surface area (Å²) in [5.74, 6) is 0.615. The van der Waals surface area contributed by atoms with Crippen LogP contribution in [0, 0.1) is 5.92 Å². The molecule has 2 heteroatoms. The number of aliphatic hydroxyl groups is 1. The van der Waals surface area contributed by atoms with Crippen LogP contribution >= 0.6 is 0 Å². The Bertz CT molecular complexity index is 67.9. The van der Waals surface area contributed by atoms with E-state index in [-0.39, 0.29) is 6.10 Å². The maximum absolute atomic E-state index is 9.03. The highest BCUT2D eigenvalue weighted by molar-refractivity contribution is 4.66. The Kier molecular flexibility index (Phi) is 2.09. The second-order valence-corrected chi connectivity index (χ2v) is 2.98. The summed E-state index contributed by atoms with van der Waals surface area (Å²) < 4.78 is 5.11. The van der Waals surface area contributed by atoms with Gasteiger partial charge in [0, 0.05) is 6.42 Å². The van der Waals surface area contributed by atoms with Gasteiger partial charge in [-0.2, -0.15) is 0 Å². The lowest BCUT2D eigenvalue weighted by Crippen LogP contribution is -2.29. The highest BCUT2D eigenvalue weighted by Crippen LogP contribution is 2.22. The molecule has 0 unspecified atom stereocenters. The second-order valence-electron chi connectivity index (χ2n) is 2.98. The number of ether oxygens (including phenoxy) is 1. The highest BCUT2D eigenvalue weighted by Gasteiger charge is 2.21. The van der Waals surface area contributed by atoms with Crippen molar-refractivity contribution in [1.82, 2.24) is 0 Å². The van der Waals surface area contributed by atoms with Crippen LogP contribution in [0.3, 0.4) is 0 Å². The van der Waals surface area contributed by atoms with Gasteiger partial charge in [0.25, 0.3) is 0 Å². The molecule has 1 aliphatic rings. The molecule has 54 valence electrons. The predicted molar refractivity (Wildman–Crippen MR) is 35.0 cm³/mol. The summed E-state index contributed by atoms with van der Waals surface area (Å²) in [5.41, 5.74) is 0. The Morgan fingerprint density at radius 1 is 1.33 bits per heavy atom. The largest absolute Gasteiger partial charge is 0.368 e. The number of aliphatic hydroxyl groups excluding tert-OH is 1. The summed E-state index contributed by atoms with van der Waals surface area (Å²) >= 11 is 0. The van der Waals surface area contributed by atoms with E-state index < -0.39 is 6.29 Å². The quantitative estimate of drug-likeness (QED) is 0.533. The minimum atomic E-state index is -0.510. The Morgan fingerprint density at radius 2 is 2.00 bits per heavy atom. The lowest BCUT2D eigenvalue weighted by Gasteiger charge is -2.28. The van der Waals surface area contributed by atoms with Crippen LogP contribution in [-0.2, 0) is 4.74 Å². The zero-order chi connectivity index (χ0) is 6.85. The average molecular weight is 130 g/mol. The molecule has 9 heavy (non-hydrogen) atoms. The Balaban J connectivity index is 2.34. The first kappa shape index (κ1) is 7.03. The van der Waals surface area contributed by atoms with Crippen LogP contribution in [0.1, 0.15) is 26.7 Å². The van der Waals surface area contributed by atoms with Gasteiger partial charge in [0.05, 0.1) is 6.10 Å². The van der Waals surface area contributed by atoms with Crippen molar-refractivity contribution < 1.29 is 9.84 Å². The molecule has 2 nitrogen and oxygen atoms in total. The summed E-state index contributed by atoms with van der Waals surface area (Å²) in [6, 6.07) is 0. The van der Waals surface area contributed by atoms with Crippen LogP contribution in [0.2, 0.25) is 0 Å². The third kappa shape index (κ3) is 1.95. The Hall–Kier alpha value is -0.0800. The lowest BCUT2D eigenvalue weighted by molar-refractivity contribution is -0.169. The van der Waals surface area contributed by atoms with Crippen molar-refractivity contribution in [1.29, 1.82) is 0 Å². The first-order valence-electron chi connectivity index (χ1n) is 3.52. The van der Waals surface area contributed by atoms with Gasteiger partial charge in [0.2, 0.25) is 0 Å². The summed E-state index contributed by atoms with van der Waals surface area (Å²) in [6.07, 6.45) is 1.61. The molecule has 0 saturated carbocycles. The van der Waals surface area contributed by atoms with Crippen molar-refractivity contribution in [3.05, 3.63) is 0 Å². The molecule has 1 saturated heterocycles. The topological polar surface area (TPSA) is 29.5 Å². The molecule has 0 bridgehead atoms. The minimum absolute atomic E-state index is 0.240. The molecule has 0 amide bonds. The molecule has 0 aromatic heterocycles. The van der Waals surface area contributed by atoms with Crippen LogP contribution in [0.15, 0.2) is 0 Å². The van der Waals surface area contributed by atoms with Gasteiger partial charge < -0.3 is 9.84 Å². The third-order valence-electron chi connectivity index (χ3n) is 1.73. The van der Waals surface area contributed by atoms with Crippen LogP contribution in [0.4, 0.5) is 0 Å². The van der Waals surface area contributed by atoms with Crippen LogP contribution < -0.4 is 0 Å². The first-order chi connectivity index (χ1) is 4.18. The SMILES string of the molecule is C[C@@H]1C[C@H](C)O[C@@H](O)C1. The molecule has 1 N–H and O–H groups in total. The fourth-order valence-corrected chi connectivity index (χ4v) is 1.39. The zero-order valence-electron chi connectivity index (χ0n) is 6.00. The van der Waals surface area contributed by atoms with Crippen molar-refractivity contribution in [3.8, 4) is 0 Å². The van der Waals surface area contributed by atoms with Gasteiger partial charge in [-0.3, -0.25) is 0 Å². The van der Waals surface area contributed by atoms with Crippen LogP contribution in [0.5, 0.6) is 0 Å². The van der Waals surface area contributed by atoms with Gasteiger partial charge in [-0.1, -0.05) is 6.92 Å². The molecule has 0 spiro atoms. The lowest BCUT2D eigenvalue weighted by atomic mass is 9.98. The van der Waals surface area contributed by atoms with Gasteiger partial charge in [-0.05, 0) is 19.3 Å². The number of hydrogen-bond acceptors (Lipinski definition) is 2. The van der Waals surface area contributed by atoms with E-state index in [0.29, 0.717) is 5.92 Å². The van der Waals surface area contributed by atoms with E-state index in [0.717, 1.165) is 12.8 Å². The molecule has 1 heterocycles. The maximum Gasteiger partial charge on any atom is 0.155 e. The summed E-state index contributed by atoms with van der Waals surface area (Å²) in [6.45, 7) is 4.14. The van der Waals surface area contributed by atoms with Gasteiger partial charge in [-0.25, -0.2) is 0 Å². The third-order valence-corrected chi connectivity index (χ3v) is 1.73. The van der Waals surface area contributed by atoms with Gasteiger partial charge >= 0.3 is 0 Å². The van der Waals surface area contributed by atoms with E-state index in [1.165, 1.54) is 0 Å². The van der Waals surface area contributed by atoms with Crippen molar-refractivity contribution in [2.75, 3.05) is 0 Å². The van der Waals surface area contributed by atoms with Gasteiger partial charge in [0.1, 0.15) is 0 Å². The number of hydrogen-bond donors (Lipinski definition) is 1. The van der Waals surface area contributed by atoms with Crippen LogP contribution in [0.25, 0.3) is 0 Å². The molecule has 0 radical (unpaired) electrons. The Labute approximate surface area is 55.8 Å². The van der Waals surface area contributed by atoms with E-state index in [9.17, 15) is 0 Å². The van der Waals surface area contributed by atoms with Crippen LogP contribution in [-0.4, -0.2) is 17.5 Å². The normalized spacial score (nSPS) is 45.0. The van der Waals surface area contributed by atoms with Crippen molar-refractivity contribution >= 4 is 0 Å². The first-order valence-corrected chi connectivity index (χ1v) is 3.52. The molecule has 0 aromatic rings. The number of rotatable bonds is 0. The Morgan fingerprint density at radius 3 is 2.44 bits per heavy atom. The average Bonchev–Trinajstić information content (AvgIpc) is 1.59. The standard InChI is InChI=1S/C7H14O2/c1-5-3-6(2)9-7(8)4-5/h5-8H,3-4H2,1-2H3/t5-,6+,7-/m1/s1. The fourth-order valence-electron chi connectivity index (χ4n) is 1.39. The second kappa shape index (κ2) is 2.67. The van der Waals surface area contributed by atoms with E-state index >= 15 is 0 Å². The maximum atomic E-state index is 9.03. The van der Waals surface area contributed by atoms with E-state index in [4.69, 9.17) is 9.84 Å². The molecule has 0 aromatic carbocycles. The van der Waals surface area contributed by atoms with Gasteiger partial charge in [0.15, 0.2) is 6.29 Å².